The van der Waals surface area contributed by atoms with Gasteiger partial charge >= 0.3 is 6.09 Å². The van der Waals surface area contributed by atoms with E-state index in [0.717, 1.165) is 23.2 Å². The van der Waals surface area contributed by atoms with Crippen LogP contribution in [0.5, 0.6) is 5.75 Å². The van der Waals surface area contributed by atoms with Gasteiger partial charge in [0.15, 0.2) is 0 Å². The number of carboxylic acid groups (broad SMARTS) is 1. The summed E-state index contributed by atoms with van der Waals surface area (Å²) >= 11 is 0. The van der Waals surface area contributed by atoms with Crippen molar-refractivity contribution >= 4 is 6.09 Å². The molecule has 1 aliphatic rings. The van der Waals surface area contributed by atoms with Crippen LogP contribution in [0.25, 0.3) is 0 Å². The highest BCUT2D eigenvalue weighted by molar-refractivity contribution is 5.65. The van der Waals surface area contributed by atoms with Crippen molar-refractivity contribution in [3.8, 4) is 5.75 Å². The molecular formula is C23H23N3O4. The summed E-state index contributed by atoms with van der Waals surface area (Å²) < 4.78 is 7.30. The highest BCUT2D eigenvalue weighted by Crippen LogP contribution is 2.21. The van der Waals surface area contributed by atoms with Crippen LogP contribution < -0.4 is 10.3 Å². The van der Waals surface area contributed by atoms with Crippen molar-refractivity contribution in [2.75, 3.05) is 6.54 Å². The molecule has 4 rings (SSSR count). The van der Waals surface area contributed by atoms with Crippen LogP contribution in [0.3, 0.4) is 0 Å². The SMILES string of the molecule is O=C(O)N1CCc2ccc(CCn3ccc(OCc4ccccn4)cc3=O)cc2C1. The number of carbonyl (C=O) groups is 1. The van der Waals surface area contributed by atoms with Gasteiger partial charge in [0, 0.05) is 38.1 Å². The summed E-state index contributed by atoms with van der Waals surface area (Å²) in [6.45, 7) is 1.81. The molecule has 1 N–H and O–H groups in total. The van der Waals surface area contributed by atoms with Crippen LogP contribution >= 0.6 is 0 Å². The summed E-state index contributed by atoms with van der Waals surface area (Å²) in [4.78, 5) is 29.3. The Morgan fingerprint density at radius 2 is 2.03 bits per heavy atom. The molecule has 30 heavy (non-hydrogen) atoms. The van der Waals surface area contributed by atoms with Gasteiger partial charge in [0.05, 0.1) is 5.69 Å². The van der Waals surface area contributed by atoms with E-state index in [0.29, 0.717) is 38.4 Å². The lowest BCUT2D eigenvalue weighted by molar-refractivity contribution is 0.140. The van der Waals surface area contributed by atoms with Gasteiger partial charge in [0.2, 0.25) is 0 Å². The number of pyridine rings is 2. The van der Waals surface area contributed by atoms with Crippen molar-refractivity contribution in [1.82, 2.24) is 14.5 Å². The summed E-state index contributed by atoms with van der Waals surface area (Å²) in [5.74, 6) is 0.518. The van der Waals surface area contributed by atoms with Crippen LogP contribution in [0, 0.1) is 0 Å². The summed E-state index contributed by atoms with van der Waals surface area (Å²) in [6, 6.07) is 15.1. The van der Waals surface area contributed by atoms with E-state index in [9.17, 15) is 14.7 Å². The molecule has 7 heteroatoms. The Balaban J connectivity index is 1.37. The van der Waals surface area contributed by atoms with E-state index in [2.05, 4.69) is 23.2 Å². The van der Waals surface area contributed by atoms with Crippen LogP contribution in [-0.4, -0.2) is 32.2 Å². The van der Waals surface area contributed by atoms with Gasteiger partial charge in [0.1, 0.15) is 12.4 Å². The summed E-state index contributed by atoms with van der Waals surface area (Å²) in [5, 5.41) is 9.22. The van der Waals surface area contributed by atoms with Gasteiger partial charge < -0.3 is 19.3 Å². The average molecular weight is 405 g/mol. The highest BCUT2D eigenvalue weighted by atomic mass is 16.5. The number of rotatable bonds is 6. The fourth-order valence-corrected chi connectivity index (χ4v) is 3.58. The lowest BCUT2D eigenvalue weighted by Gasteiger charge is -2.26. The zero-order chi connectivity index (χ0) is 20.9. The molecule has 0 bridgehead atoms. The molecule has 0 spiro atoms. The maximum atomic E-state index is 12.4. The van der Waals surface area contributed by atoms with Gasteiger partial charge in [-0.15, -0.1) is 0 Å². The number of hydrogen-bond acceptors (Lipinski definition) is 4. The predicted octanol–water partition coefficient (Wildman–Crippen LogP) is 3.10. The normalized spacial score (nSPS) is 13.0. The van der Waals surface area contributed by atoms with Gasteiger partial charge in [-0.3, -0.25) is 9.78 Å². The number of nitrogens with zero attached hydrogens (tertiary/aromatic N) is 3. The van der Waals surface area contributed by atoms with Crippen LogP contribution in [0.2, 0.25) is 0 Å². The Kier molecular flexibility index (Phi) is 5.79. The third kappa shape index (κ3) is 4.68. The summed E-state index contributed by atoms with van der Waals surface area (Å²) in [5.41, 5.74) is 4.01. The molecule has 0 saturated heterocycles. The zero-order valence-electron chi connectivity index (χ0n) is 16.5. The Labute approximate surface area is 174 Å². The van der Waals surface area contributed by atoms with Gasteiger partial charge in [-0.1, -0.05) is 24.3 Å². The standard InChI is InChI=1S/C23H23N3O4/c27-22-14-21(30-16-20-3-1-2-9-24-20)8-12-25(22)10-6-17-4-5-18-7-11-26(23(28)29)15-19(18)13-17/h1-5,8-9,12-14H,6-7,10-11,15-16H2,(H,28,29). The molecule has 0 saturated carbocycles. The Hall–Kier alpha value is -3.61. The third-order valence-corrected chi connectivity index (χ3v) is 5.28. The van der Waals surface area contributed by atoms with E-state index in [1.165, 1.54) is 16.5 Å². The van der Waals surface area contributed by atoms with Crippen LogP contribution in [0.4, 0.5) is 4.79 Å². The topological polar surface area (TPSA) is 84.7 Å². The number of benzene rings is 1. The second-order valence-electron chi connectivity index (χ2n) is 7.31. The molecule has 0 atom stereocenters. The van der Waals surface area contributed by atoms with E-state index >= 15 is 0 Å². The maximum absolute atomic E-state index is 12.4. The molecule has 2 aromatic heterocycles. The fraction of sp³-hybridized carbons (Fsp3) is 0.261. The van der Waals surface area contributed by atoms with Crippen LogP contribution in [-0.2, 0) is 32.5 Å². The number of aryl methyl sites for hydroxylation is 2. The van der Waals surface area contributed by atoms with Crippen molar-refractivity contribution in [1.29, 1.82) is 0 Å². The number of hydrogen-bond donors (Lipinski definition) is 1. The molecule has 3 heterocycles. The first-order valence-corrected chi connectivity index (χ1v) is 9.90. The minimum atomic E-state index is -0.886. The maximum Gasteiger partial charge on any atom is 0.407 e. The van der Waals surface area contributed by atoms with Crippen molar-refractivity contribution in [3.05, 3.63) is 93.7 Å². The molecule has 0 radical (unpaired) electrons. The van der Waals surface area contributed by atoms with Crippen LogP contribution in [0.15, 0.2) is 65.7 Å². The first-order valence-electron chi connectivity index (χ1n) is 9.90. The molecule has 7 nitrogen and oxygen atoms in total. The second kappa shape index (κ2) is 8.82. The molecule has 1 amide bonds. The number of amides is 1. The average Bonchev–Trinajstić information content (AvgIpc) is 2.77. The lowest BCUT2D eigenvalue weighted by atomic mass is 9.96. The van der Waals surface area contributed by atoms with Crippen molar-refractivity contribution in [2.24, 2.45) is 0 Å². The quantitative estimate of drug-likeness (QED) is 0.681. The molecule has 1 aromatic carbocycles. The number of ether oxygens (including phenoxy) is 1. The first-order chi connectivity index (χ1) is 14.6. The molecule has 0 aliphatic carbocycles. The summed E-state index contributed by atoms with van der Waals surface area (Å²) in [6.07, 6.45) is 3.98. The van der Waals surface area contributed by atoms with E-state index in [1.807, 2.05) is 18.2 Å². The zero-order valence-corrected chi connectivity index (χ0v) is 16.5. The first kappa shape index (κ1) is 19.7. The fourth-order valence-electron chi connectivity index (χ4n) is 3.58. The molecule has 0 fully saturated rings. The smallest absolute Gasteiger partial charge is 0.407 e. The monoisotopic (exact) mass is 405 g/mol. The van der Waals surface area contributed by atoms with Crippen molar-refractivity contribution < 1.29 is 14.6 Å². The minimum Gasteiger partial charge on any atom is -0.487 e. The van der Waals surface area contributed by atoms with E-state index < -0.39 is 6.09 Å². The Morgan fingerprint density at radius 1 is 1.13 bits per heavy atom. The van der Waals surface area contributed by atoms with E-state index in [-0.39, 0.29) is 5.56 Å². The summed E-state index contributed by atoms with van der Waals surface area (Å²) in [7, 11) is 0. The minimum absolute atomic E-state index is 0.122. The van der Waals surface area contributed by atoms with Gasteiger partial charge in [-0.05, 0) is 47.7 Å². The largest absolute Gasteiger partial charge is 0.487 e. The third-order valence-electron chi connectivity index (χ3n) is 5.28. The Morgan fingerprint density at radius 3 is 2.80 bits per heavy atom. The molecule has 3 aromatic rings. The van der Waals surface area contributed by atoms with Gasteiger partial charge in [-0.25, -0.2) is 4.79 Å². The molecular weight excluding hydrogens is 382 g/mol. The van der Waals surface area contributed by atoms with E-state index in [4.69, 9.17) is 4.74 Å². The van der Waals surface area contributed by atoms with Crippen molar-refractivity contribution in [3.63, 3.8) is 0 Å². The van der Waals surface area contributed by atoms with Gasteiger partial charge in [-0.2, -0.15) is 0 Å². The highest BCUT2D eigenvalue weighted by Gasteiger charge is 2.19. The Bertz CT molecular complexity index is 1100. The van der Waals surface area contributed by atoms with E-state index in [1.54, 1.807) is 23.0 Å². The molecule has 1 aliphatic heterocycles. The second-order valence-corrected chi connectivity index (χ2v) is 7.31. The number of fused-ring (bicyclic) bond motifs is 1. The number of aromatic nitrogens is 2. The van der Waals surface area contributed by atoms with Crippen molar-refractivity contribution in [2.45, 2.75) is 32.5 Å². The van der Waals surface area contributed by atoms with Crippen LogP contribution in [0.1, 0.15) is 22.4 Å². The molecule has 0 unspecified atom stereocenters. The lowest BCUT2D eigenvalue weighted by Crippen LogP contribution is -2.34. The molecule has 154 valence electrons. The predicted molar refractivity (Wildman–Crippen MR) is 112 cm³/mol. The van der Waals surface area contributed by atoms with Gasteiger partial charge in [0.25, 0.3) is 5.56 Å².